The summed E-state index contributed by atoms with van der Waals surface area (Å²) in [5.41, 5.74) is 0.876. The van der Waals surface area contributed by atoms with Gasteiger partial charge in [0, 0.05) is 24.3 Å². The molecule has 1 aliphatic rings. The molecule has 1 amide bonds. The van der Waals surface area contributed by atoms with Crippen LogP contribution in [0.4, 0.5) is 5.69 Å². The van der Waals surface area contributed by atoms with E-state index in [1.807, 2.05) is 20.8 Å². The lowest BCUT2D eigenvalue weighted by atomic mass is 10.0. The van der Waals surface area contributed by atoms with E-state index in [4.69, 9.17) is 9.47 Å². The predicted molar refractivity (Wildman–Crippen MR) is 137 cm³/mol. The van der Waals surface area contributed by atoms with Crippen LogP contribution in [0.2, 0.25) is 0 Å². The van der Waals surface area contributed by atoms with Crippen molar-refractivity contribution in [2.24, 2.45) is 5.92 Å². The van der Waals surface area contributed by atoms with Crippen molar-refractivity contribution in [3.8, 4) is 11.5 Å². The van der Waals surface area contributed by atoms with Crippen LogP contribution in [0.15, 0.2) is 47.4 Å². The number of methoxy groups -OCH3 is 2. The average Bonchev–Trinajstić information content (AvgIpc) is 2.81. The number of nitrogens with one attached hydrogen (secondary N) is 2. The number of carbonyl (C=O) groups excluding carboxylic acids is 1. The molecule has 8 nitrogen and oxygen atoms in total. The number of amides is 1. The van der Waals surface area contributed by atoms with Gasteiger partial charge >= 0.3 is 0 Å². The second-order valence-corrected chi connectivity index (χ2v) is 12.0. The van der Waals surface area contributed by atoms with E-state index >= 15 is 0 Å². The third-order valence-corrected chi connectivity index (χ3v) is 7.96. The summed E-state index contributed by atoms with van der Waals surface area (Å²) >= 11 is 0. The van der Waals surface area contributed by atoms with Gasteiger partial charge in [-0.2, -0.15) is 4.31 Å². The van der Waals surface area contributed by atoms with Gasteiger partial charge in [0.25, 0.3) is 0 Å². The van der Waals surface area contributed by atoms with E-state index in [9.17, 15) is 13.2 Å². The smallest absolute Gasteiger partial charge is 0.247 e. The molecule has 0 bridgehead atoms. The Kier molecular flexibility index (Phi) is 8.33. The lowest BCUT2D eigenvalue weighted by molar-refractivity contribution is -0.123. The SMILES string of the molecule is COc1ccc(C(Nc2ccc(S(=O)(=O)N3CCC(C)CC3)cc2)C(=O)NC(C)(C)C)cc1OC. The molecule has 192 valence electrons. The van der Waals surface area contributed by atoms with Gasteiger partial charge < -0.3 is 20.1 Å². The van der Waals surface area contributed by atoms with E-state index in [2.05, 4.69) is 17.6 Å². The Labute approximate surface area is 209 Å². The molecule has 2 aromatic carbocycles. The number of rotatable bonds is 8. The van der Waals surface area contributed by atoms with Gasteiger partial charge in [-0.15, -0.1) is 0 Å². The van der Waals surface area contributed by atoms with Gasteiger partial charge in [0.1, 0.15) is 6.04 Å². The maximum Gasteiger partial charge on any atom is 0.247 e. The van der Waals surface area contributed by atoms with Crippen LogP contribution in [-0.2, 0) is 14.8 Å². The summed E-state index contributed by atoms with van der Waals surface area (Å²) in [4.78, 5) is 13.5. The molecule has 1 aliphatic heterocycles. The maximum absolute atomic E-state index is 13.2. The first-order valence-electron chi connectivity index (χ1n) is 11.9. The highest BCUT2D eigenvalue weighted by molar-refractivity contribution is 7.89. The Morgan fingerprint density at radius 3 is 2.14 bits per heavy atom. The number of hydrogen-bond donors (Lipinski definition) is 2. The highest BCUT2D eigenvalue weighted by Crippen LogP contribution is 2.32. The number of carbonyl (C=O) groups is 1. The van der Waals surface area contributed by atoms with Crippen LogP contribution in [0.5, 0.6) is 11.5 Å². The minimum atomic E-state index is -3.54. The minimum Gasteiger partial charge on any atom is -0.493 e. The number of ether oxygens (including phenoxy) is 2. The molecule has 0 radical (unpaired) electrons. The maximum atomic E-state index is 13.2. The molecule has 0 spiro atoms. The normalized spacial score (nSPS) is 16.4. The summed E-state index contributed by atoms with van der Waals surface area (Å²) in [6, 6.07) is 11.1. The Hall–Kier alpha value is -2.78. The third-order valence-electron chi connectivity index (χ3n) is 6.05. The van der Waals surface area contributed by atoms with Crippen molar-refractivity contribution >= 4 is 21.6 Å². The Bertz CT molecular complexity index is 1120. The zero-order valence-corrected chi connectivity index (χ0v) is 22.2. The van der Waals surface area contributed by atoms with Gasteiger partial charge in [0.2, 0.25) is 15.9 Å². The van der Waals surface area contributed by atoms with Crippen LogP contribution in [0.1, 0.15) is 52.1 Å². The number of benzene rings is 2. The number of anilines is 1. The molecular formula is C26H37N3O5S. The summed E-state index contributed by atoms with van der Waals surface area (Å²) in [6.07, 6.45) is 1.74. The van der Waals surface area contributed by atoms with E-state index in [0.29, 0.717) is 41.8 Å². The standard InChI is InChI=1S/C26H37N3O5S/c1-18-13-15-29(16-14-18)35(31,32)21-10-8-20(9-11-21)27-24(25(30)28-26(2,3)4)19-7-12-22(33-5)23(17-19)34-6/h7-12,17-18,24,27H,13-16H2,1-6H3,(H,28,30). The molecule has 0 saturated carbocycles. The van der Waals surface area contributed by atoms with E-state index in [1.54, 1.807) is 61.0 Å². The summed E-state index contributed by atoms with van der Waals surface area (Å²) in [5.74, 6) is 1.40. The first kappa shape index (κ1) is 26.8. The number of hydrogen-bond acceptors (Lipinski definition) is 6. The van der Waals surface area contributed by atoms with E-state index in [-0.39, 0.29) is 10.8 Å². The fourth-order valence-corrected chi connectivity index (χ4v) is 5.51. The zero-order chi connectivity index (χ0) is 25.8. The van der Waals surface area contributed by atoms with Crippen molar-refractivity contribution in [2.45, 2.75) is 57.0 Å². The van der Waals surface area contributed by atoms with Crippen molar-refractivity contribution in [1.82, 2.24) is 9.62 Å². The fraction of sp³-hybridized carbons (Fsp3) is 0.500. The largest absolute Gasteiger partial charge is 0.493 e. The first-order chi connectivity index (χ1) is 16.4. The summed E-state index contributed by atoms with van der Waals surface area (Å²) in [6.45, 7) is 8.97. The molecular weight excluding hydrogens is 466 g/mol. The van der Waals surface area contributed by atoms with Crippen LogP contribution in [0, 0.1) is 5.92 Å². The Balaban J connectivity index is 1.87. The summed E-state index contributed by atoms with van der Waals surface area (Å²) in [5, 5.41) is 6.26. The zero-order valence-electron chi connectivity index (χ0n) is 21.4. The second-order valence-electron chi connectivity index (χ2n) is 10.0. The van der Waals surface area contributed by atoms with E-state index in [1.165, 1.54) is 0 Å². The average molecular weight is 504 g/mol. The van der Waals surface area contributed by atoms with Crippen molar-refractivity contribution in [1.29, 1.82) is 0 Å². The lowest BCUT2D eigenvalue weighted by Gasteiger charge is -2.29. The molecule has 1 saturated heterocycles. The quantitative estimate of drug-likeness (QED) is 0.561. The second kappa shape index (κ2) is 10.9. The van der Waals surface area contributed by atoms with Crippen molar-refractivity contribution in [2.75, 3.05) is 32.6 Å². The molecule has 1 fully saturated rings. The van der Waals surface area contributed by atoms with Crippen molar-refractivity contribution in [3.63, 3.8) is 0 Å². The van der Waals surface area contributed by atoms with Crippen LogP contribution in [0.25, 0.3) is 0 Å². The van der Waals surface area contributed by atoms with E-state index < -0.39 is 21.6 Å². The molecule has 35 heavy (non-hydrogen) atoms. The van der Waals surface area contributed by atoms with Gasteiger partial charge in [-0.05, 0) is 81.5 Å². The molecule has 0 aliphatic carbocycles. The highest BCUT2D eigenvalue weighted by atomic mass is 32.2. The van der Waals surface area contributed by atoms with Crippen LogP contribution in [-0.4, -0.2) is 51.5 Å². The van der Waals surface area contributed by atoms with Gasteiger partial charge in [0.05, 0.1) is 19.1 Å². The van der Waals surface area contributed by atoms with Crippen LogP contribution in [0.3, 0.4) is 0 Å². The monoisotopic (exact) mass is 503 g/mol. The molecule has 1 heterocycles. The Morgan fingerprint density at radius 1 is 1.00 bits per heavy atom. The summed E-state index contributed by atoms with van der Waals surface area (Å²) < 4.78 is 38.4. The number of sulfonamides is 1. The Morgan fingerprint density at radius 2 is 1.60 bits per heavy atom. The van der Waals surface area contributed by atoms with Crippen LogP contribution < -0.4 is 20.1 Å². The highest BCUT2D eigenvalue weighted by Gasteiger charge is 2.29. The minimum absolute atomic E-state index is 0.219. The topological polar surface area (TPSA) is 97.0 Å². The number of piperidine rings is 1. The predicted octanol–water partition coefficient (Wildman–Crippen LogP) is 4.19. The van der Waals surface area contributed by atoms with E-state index in [0.717, 1.165) is 12.8 Å². The van der Waals surface area contributed by atoms with Gasteiger partial charge in [-0.1, -0.05) is 13.0 Å². The molecule has 0 aromatic heterocycles. The summed E-state index contributed by atoms with van der Waals surface area (Å²) in [7, 11) is -0.446. The third kappa shape index (κ3) is 6.67. The fourth-order valence-electron chi connectivity index (χ4n) is 4.04. The van der Waals surface area contributed by atoms with Crippen molar-refractivity contribution in [3.05, 3.63) is 48.0 Å². The van der Waals surface area contributed by atoms with Gasteiger partial charge in [-0.3, -0.25) is 4.79 Å². The molecule has 2 aromatic rings. The molecule has 9 heteroatoms. The molecule has 3 rings (SSSR count). The molecule has 1 atom stereocenters. The number of nitrogens with zero attached hydrogens (tertiary/aromatic N) is 1. The lowest BCUT2D eigenvalue weighted by Crippen LogP contribution is -2.44. The van der Waals surface area contributed by atoms with Gasteiger partial charge in [0.15, 0.2) is 11.5 Å². The van der Waals surface area contributed by atoms with Crippen molar-refractivity contribution < 1.29 is 22.7 Å². The van der Waals surface area contributed by atoms with Gasteiger partial charge in [-0.25, -0.2) is 8.42 Å². The first-order valence-corrected chi connectivity index (χ1v) is 13.3. The molecule has 1 unspecified atom stereocenters. The van der Waals surface area contributed by atoms with Crippen LogP contribution >= 0.6 is 0 Å². The molecule has 2 N–H and O–H groups in total.